The number of ketones is 1. The third-order valence-electron chi connectivity index (χ3n) is 2.98. The Hall–Kier alpha value is -1.88. The Morgan fingerprint density at radius 1 is 1.53 bits per heavy atom. The molecule has 0 aromatic heterocycles. The van der Waals surface area contributed by atoms with E-state index in [0.29, 0.717) is 24.3 Å². The second kappa shape index (κ2) is 5.40. The summed E-state index contributed by atoms with van der Waals surface area (Å²) in [4.78, 5) is 23.4. The third-order valence-corrected chi connectivity index (χ3v) is 2.98. The van der Waals surface area contributed by atoms with E-state index >= 15 is 0 Å². The molecule has 102 valence electrons. The zero-order chi connectivity index (χ0) is 14.0. The molecule has 0 bridgehead atoms. The van der Waals surface area contributed by atoms with Crippen LogP contribution in [0.5, 0.6) is 5.75 Å². The number of rotatable bonds is 4. The molecule has 0 fully saturated rings. The van der Waals surface area contributed by atoms with Gasteiger partial charge in [0.05, 0.1) is 12.6 Å². The first-order chi connectivity index (χ1) is 9.02. The molecule has 1 heterocycles. The number of fused-ring (bicyclic) bond motifs is 1. The highest BCUT2D eigenvalue weighted by atomic mass is 16.6. The van der Waals surface area contributed by atoms with Crippen molar-refractivity contribution < 1.29 is 19.1 Å². The van der Waals surface area contributed by atoms with Gasteiger partial charge >= 0.3 is 5.97 Å². The molecule has 0 amide bonds. The summed E-state index contributed by atoms with van der Waals surface area (Å²) in [6.07, 6.45) is -0.190. The van der Waals surface area contributed by atoms with E-state index in [9.17, 15) is 9.59 Å². The fourth-order valence-electron chi connectivity index (χ4n) is 2.03. The van der Waals surface area contributed by atoms with E-state index in [-0.39, 0.29) is 11.8 Å². The van der Waals surface area contributed by atoms with Crippen molar-refractivity contribution in [1.82, 2.24) is 0 Å². The summed E-state index contributed by atoms with van der Waals surface area (Å²) in [6.45, 7) is 3.72. The predicted molar refractivity (Wildman–Crippen MR) is 69.2 cm³/mol. The van der Waals surface area contributed by atoms with E-state index in [1.165, 1.54) is 0 Å². The molecule has 0 spiro atoms. The molecule has 1 aliphatic heterocycles. The molecule has 19 heavy (non-hydrogen) atoms. The van der Waals surface area contributed by atoms with Crippen molar-refractivity contribution in [1.29, 1.82) is 0 Å². The van der Waals surface area contributed by atoms with Crippen LogP contribution in [-0.4, -0.2) is 30.5 Å². The molecule has 1 aromatic rings. The minimum Gasteiger partial charge on any atom is -0.478 e. The molecular formula is C14H17NO4. The largest absolute Gasteiger partial charge is 0.478 e. The highest BCUT2D eigenvalue weighted by molar-refractivity contribution is 6.00. The number of benzene rings is 1. The maximum Gasteiger partial charge on any atom is 0.347 e. The lowest BCUT2D eigenvalue weighted by molar-refractivity contribution is -0.150. The topological polar surface area (TPSA) is 78.6 Å². The van der Waals surface area contributed by atoms with Crippen LogP contribution in [0.15, 0.2) is 18.2 Å². The lowest BCUT2D eigenvalue weighted by atomic mass is 10.0. The van der Waals surface area contributed by atoms with E-state index in [0.717, 1.165) is 5.56 Å². The summed E-state index contributed by atoms with van der Waals surface area (Å²) in [5.41, 5.74) is 6.95. The molecule has 0 saturated carbocycles. The quantitative estimate of drug-likeness (QED) is 0.649. The molecule has 0 aliphatic carbocycles. The fraction of sp³-hybridized carbons (Fsp3) is 0.429. The highest BCUT2D eigenvalue weighted by Gasteiger charge is 2.30. The Balaban J connectivity index is 2.16. The van der Waals surface area contributed by atoms with Crippen LogP contribution in [0.1, 0.15) is 29.8 Å². The maximum absolute atomic E-state index is 11.8. The molecular weight excluding hydrogens is 246 g/mol. The molecule has 2 N–H and O–H groups in total. The minimum absolute atomic E-state index is 0.123. The maximum atomic E-state index is 11.8. The highest BCUT2D eigenvalue weighted by Crippen LogP contribution is 2.30. The van der Waals surface area contributed by atoms with Gasteiger partial charge in [-0.2, -0.15) is 0 Å². The van der Waals surface area contributed by atoms with Gasteiger partial charge in [-0.25, -0.2) is 4.79 Å². The van der Waals surface area contributed by atoms with Gasteiger partial charge in [0.15, 0.2) is 11.9 Å². The van der Waals surface area contributed by atoms with Crippen LogP contribution in [0.25, 0.3) is 0 Å². The van der Waals surface area contributed by atoms with E-state index in [2.05, 4.69) is 0 Å². The number of carbonyl (C=O) groups excluding carboxylic acids is 2. The predicted octanol–water partition coefficient (Wildman–Crippen LogP) is 1.08. The fourth-order valence-corrected chi connectivity index (χ4v) is 2.03. The Morgan fingerprint density at radius 2 is 2.26 bits per heavy atom. The summed E-state index contributed by atoms with van der Waals surface area (Å²) in [5.74, 6) is 0.125. The van der Waals surface area contributed by atoms with E-state index in [1.807, 2.05) is 0 Å². The SMILES string of the molecule is CCOC(=O)C1Cc2cc(C(=O)C(C)N)ccc2O1. The molecule has 1 aromatic carbocycles. The summed E-state index contributed by atoms with van der Waals surface area (Å²) >= 11 is 0. The first-order valence-electron chi connectivity index (χ1n) is 6.29. The molecule has 0 radical (unpaired) electrons. The van der Waals surface area contributed by atoms with Gasteiger partial charge in [0.2, 0.25) is 0 Å². The molecule has 0 saturated heterocycles. The van der Waals surface area contributed by atoms with Crippen LogP contribution in [0.4, 0.5) is 0 Å². The number of Topliss-reactive ketones (excluding diaryl/α,β-unsaturated/α-hetero) is 1. The average Bonchev–Trinajstić information content (AvgIpc) is 2.80. The lowest BCUT2D eigenvalue weighted by Crippen LogP contribution is -2.27. The number of nitrogens with two attached hydrogens (primary N) is 1. The van der Waals surface area contributed by atoms with Gasteiger partial charge in [-0.15, -0.1) is 0 Å². The Morgan fingerprint density at radius 3 is 2.89 bits per heavy atom. The minimum atomic E-state index is -0.615. The summed E-state index contributed by atoms with van der Waals surface area (Å²) in [5, 5.41) is 0. The summed E-state index contributed by atoms with van der Waals surface area (Å²) in [6, 6.07) is 4.56. The van der Waals surface area contributed by atoms with E-state index < -0.39 is 12.1 Å². The summed E-state index contributed by atoms with van der Waals surface area (Å²) in [7, 11) is 0. The van der Waals surface area contributed by atoms with Gasteiger partial charge in [0.1, 0.15) is 5.75 Å². The first-order valence-corrected chi connectivity index (χ1v) is 6.29. The number of hydrogen-bond acceptors (Lipinski definition) is 5. The van der Waals surface area contributed by atoms with Gasteiger partial charge in [-0.1, -0.05) is 0 Å². The van der Waals surface area contributed by atoms with Crippen molar-refractivity contribution in [2.24, 2.45) is 5.73 Å². The molecule has 2 atom stereocenters. The van der Waals surface area contributed by atoms with Crippen molar-refractivity contribution in [2.75, 3.05) is 6.61 Å². The lowest BCUT2D eigenvalue weighted by Gasteiger charge is -2.08. The van der Waals surface area contributed by atoms with Crippen LogP contribution in [0.3, 0.4) is 0 Å². The van der Waals surface area contributed by atoms with Crippen LogP contribution in [0.2, 0.25) is 0 Å². The second-order valence-electron chi connectivity index (χ2n) is 4.54. The van der Waals surface area contributed by atoms with E-state index in [1.54, 1.807) is 32.0 Å². The van der Waals surface area contributed by atoms with Crippen molar-refractivity contribution in [3.8, 4) is 5.75 Å². The van der Waals surface area contributed by atoms with Crippen LogP contribution < -0.4 is 10.5 Å². The molecule has 5 nitrogen and oxygen atoms in total. The summed E-state index contributed by atoms with van der Waals surface area (Å²) < 4.78 is 10.4. The molecule has 2 unspecified atom stereocenters. The number of esters is 1. The zero-order valence-electron chi connectivity index (χ0n) is 11.0. The molecule has 1 aliphatic rings. The third kappa shape index (κ3) is 2.76. The van der Waals surface area contributed by atoms with Crippen molar-refractivity contribution in [3.05, 3.63) is 29.3 Å². The second-order valence-corrected chi connectivity index (χ2v) is 4.54. The van der Waals surface area contributed by atoms with Gasteiger partial charge in [0.25, 0.3) is 0 Å². The van der Waals surface area contributed by atoms with Crippen molar-refractivity contribution >= 4 is 11.8 Å². The number of hydrogen-bond donors (Lipinski definition) is 1. The first kappa shape index (κ1) is 13.5. The molecule has 5 heteroatoms. The normalized spacial score (nSPS) is 18.4. The van der Waals surface area contributed by atoms with Crippen molar-refractivity contribution in [2.45, 2.75) is 32.4 Å². The average molecular weight is 263 g/mol. The van der Waals surface area contributed by atoms with Crippen molar-refractivity contribution in [3.63, 3.8) is 0 Å². The zero-order valence-corrected chi connectivity index (χ0v) is 11.0. The Kier molecular flexibility index (Phi) is 3.85. The standard InChI is InChI=1S/C14H17NO4/c1-3-18-14(17)12-7-10-6-9(13(16)8(2)15)4-5-11(10)19-12/h4-6,8,12H,3,7,15H2,1-2H3. The van der Waals surface area contributed by atoms with Crippen LogP contribution in [-0.2, 0) is 16.0 Å². The monoisotopic (exact) mass is 263 g/mol. The van der Waals surface area contributed by atoms with Gasteiger partial charge in [-0.3, -0.25) is 4.79 Å². The molecule has 2 rings (SSSR count). The van der Waals surface area contributed by atoms with Gasteiger partial charge in [0, 0.05) is 12.0 Å². The smallest absolute Gasteiger partial charge is 0.347 e. The Bertz CT molecular complexity index is 510. The van der Waals surface area contributed by atoms with Gasteiger partial charge in [-0.05, 0) is 37.6 Å². The number of carbonyl (C=O) groups is 2. The van der Waals surface area contributed by atoms with E-state index in [4.69, 9.17) is 15.2 Å². The Labute approximate surface area is 111 Å². The van der Waals surface area contributed by atoms with Crippen LogP contribution >= 0.6 is 0 Å². The van der Waals surface area contributed by atoms with Crippen LogP contribution in [0, 0.1) is 0 Å². The number of ether oxygens (including phenoxy) is 2. The van der Waals surface area contributed by atoms with Gasteiger partial charge < -0.3 is 15.2 Å².